The van der Waals surface area contributed by atoms with Crippen LogP contribution in [0.4, 0.5) is 5.69 Å². The molecule has 0 fully saturated rings. The van der Waals surface area contributed by atoms with Gasteiger partial charge in [-0.1, -0.05) is 12.1 Å². The van der Waals surface area contributed by atoms with Gasteiger partial charge in [-0.25, -0.2) is 4.79 Å². The van der Waals surface area contributed by atoms with Crippen LogP contribution in [0.15, 0.2) is 18.2 Å². The summed E-state index contributed by atoms with van der Waals surface area (Å²) in [5, 5.41) is 8.73. The molecule has 21 heavy (non-hydrogen) atoms. The van der Waals surface area contributed by atoms with E-state index >= 15 is 0 Å². The Balaban J connectivity index is 2.94. The van der Waals surface area contributed by atoms with Gasteiger partial charge in [-0.15, -0.1) is 0 Å². The molecule has 0 aliphatic rings. The standard InChI is InChI=1S/C15H21N3O3/c1-20-10-9-18(8-4-7-16)11-12-5-3-6-13(17)14(12)15(19)21-2/h3,5-6H,4,8-11,17H2,1-2H3. The van der Waals surface area contributed by atoms with Gasteiger partial charge in [0.15, 0.2) is 0 Å². The molecule has 0 radical (unpaired) electrons. The van der Waals surface area contributed by atoms with Crippen LogP contribution in [0, 0.1) is 11.3 Å². The van der Waals surface area contributed by atoms with Crippen LogP contribution in [0.5, 0.6) is 0 Å². The molecule has 6 heteroatoms. The van der Waals surface area contributed by atoms with E-state index in [-0.39, 0.29) is 0 Å². The largest absolute Gasteiger partial charge is 0.465 e. The van der Waals surface area contributed by atoms with E-state index in [1.54, 1.807) is 19.2 Å². The number of nitrogens with zero attached hydrogens (tertiary/aromatic N) is 2. The minimum absolute atomic E-state index is 0.388. The van der Waals surface area contributed by atoms with E-state index < -0.39 is 5.97 Å². The van der Waals surface area contributed by atoms with E-state index in [0.29, 0.717) is 43.9 Å². The van der Waals surface area contributed by atoms with Crippen LogP contribution < -0.4 is 5.73 Å². The molecule has 1 rings (SSSR count). The maximum atomic E-state index is 11.9. The fraction of sp³-hybridized carbons (Fsp3) is 0.467. The van der Waals surface area contributed by atoms with Crippen molar-refractivity contribution in [2.75, 3.05) is 39.6 Å². The molecule has 1 aromatic rings. The van der Waals surface area contributed by atoms with Crippen molar-refractivity contribution in [2.24, 2.45) is 0 Å². The highest BCUT2D eigenvalue weighted by atomic mass is 16.5. The molecule has 0 spiro atoms. The molecule has 1 aromatic carbocycles. The van der Waals surface area contributed by atoms with Crippen molar-refractivity contribution < 1.29 is 14.3 Å². The first-order chi connectivity index (χ1) is 10.1. The summed E-state index contributed by atoms with van der Waals surface area (Å²) in [6.07, 6.45) is 0.416. The molecule has 0 aliphatic carbocycles. The SMILES string of the molecule is COCCN(CCC#N)Cc1cccc(N)c1C(=O)OC. The Morgan fingerprint density at radius 1 is 1.38 bits per heavy atom. The number of hydrogen-bond donors (Lipinski definition) is 1. The van der Waals surface area contributed by atoms with Gasteiger partial charge in [-0.3, -0.25) is 4.90 Å². The molecule has 0 unspecified atom stereocenters. The number of methoxy groups -OCH3 is 2. The van der Waals surface area contributed by atoms with Gasteiger partial charge in [0.2, 0.25) is 0 Å². The number of esters is 1. The Hall–Kier alpha value is -2.10. The van der Waals surface area contributed by atoms with Crippen molar-refractivity contribution >= 4 is 11.7 Å². The molecule has 6 nitrogen and oxygen atoms in total. The number of hydrogen-bond acceptors (Lipinski definition) is 6. The quantitative estimate of drug-likeness (QED) is 0.575. The van der Waals surface area contributed by atoms with Gasteiger partial charge in [0, 0.05) is 38.9 Å². The van der Waals surface area contributed by atoms with Crippen LogP contribution in [-0.4, -0.2) is 44.8 Å². The summed E-state index contributed by atoms with van der Waals surface area (Å²) >= 11 is 0. The normalized spacial score (nSPS) is 10.4. The molecule has 0 saturated carbocycles. The van der Waals surface area contributed by atoms with Crippen molar-refractivity contribution in [2.45, 2.75) is 13.0 Å². The first kappa shape index (κ1) is 17.0. The topological polar surface area (TPSA) is 88.6 Å². The van der Waals surface area contributed by atoms with Gasteiger partial charge in [-0.2, -0.15) is 5.26 Å². The Bertz CT molecular complexity index is 511. The Morgan fingerprint density at radius 3 is 2.76 bits per heavy atom. The summed E-state index contributed by atoms with van der Waals surface area (Å²) in [5.74, 6) is -0.449. The van der Waals surface area contributed by atoms with Gasteiger partial charge < -0.3 is 15.2 Å². The molecule has 114 valence electrons. The summed E-state index contributed by atoms with van der Waals surface area (Å²) in [5.41, 5.74) is 7.45. The number of anilines is 1. The lowest BCUT2D eigenvalue weighted by Gasteiger charge is -2.22. The van der Waals surface area contributed by atoms with Crippen LogP contribution in [0.2, 0.25) is 0 Å². The average Bonchev–Trinajstić information content (AvgIpc) is 2.49. The third-order valence-corrected chi connectivity index (χ3v) is 3.12. The van der Waals surface area contributed by atoms with E-state index in [4.69, 9.17) is 20.5 Å². The lowest BCUT2D eigenvalue weighted by molar-refractivity contribution is 0.0599. The molecular weight excluding hydrogens is 270 g/mol. The van der Waals surface area contributed by atoms with Gasteiger partial charge >= 0.3 is 5.97 Å². The minimum atomic E-state index is -0.449. The van der Waals surface area contributed by atoms with Crippen LogP contribution in [0.25, 0.3) is 0 Å². The highest BCUT2D eigenvalue weighted by Gasteiger charge is 2.17. The zero-order valence-electron chi connectivity index (χ0n) is 12.5. The number of benzene rings is 1. The van der Waals surface area contributed by atoms with E-state index in [1.807, 2.05) is 11.0 Å². The molecule has 0 aliphatic heterocycles. The summed E-state index contributed by atoms with van der Waals surface area (Å²) < 4.78 is 9.86. The van der Waals surface area contributed by atoms with Gasteiger partial charge in [0.05, 0.1) is 25.3 Å². The number of nitrogen functional groups attached to an aromatic ring is 1. The molecular formula is C15H21N3O3. The van der Waals surface area contributed by atoms with E-state index in [2.05, 4.69) is 6.07 Å². The van der Waals surface area contributed by atoms with E-state index in [0.717, 1.165) is 5.56 Å². The number of carbonyl (C=O) groups excluding carboxylic acids is 1. The maximum absolute atomic E-state index is 11.9. The third kappa shape index (κ3) is 5.06. The van der Waals surface area contributed by atoms with Crippen molar-refractivity contribution in [3.63, 3.8) is 0 Å². The number of nitrogens with two attached hydrogens (primary N) is 1. The van der Waals surface area contributed by atoms with Crippen molar-refractivity contribution in [1.82, 2.24) is 4.90 Å². The fourth-order valence-corrected chi connectivity index (χ4v) is 2.04. The van der Waals surface area contributed by atoms with Crippen LogP contribution in [-0.2, 0) is 16.0 Å². The lowest BCUT2D eigenvalue weighted by Crippen LogP contribution is -2.29. The smallest absolute Gasteiger partial charge is 0.340 e. The second-order valence-electron chi connectivity index (χ2n) is 4.55. The Labute approximate surface area is 125 Å². The van der Waals surface area contributed by atoms with E-state index in [1.165, 1.54) is 7.11 Å². The second kappa shape index (κ2) is 8.95. The zero-order valence-corrected chi connectivity index (χ0v) is 12.5. The third-order valence-electron chi connectivity index (χ3n) is 3.12. The van der Waals surface area contributed by atoms with Gasteiger partial charge in [-0.05, 0) is 11.6 Å². The van der Waals surface area contributed by atoms with E-state index in [9.17, 15) is 4.79 Å². The summed E-state index contributed by atoms with van der Waals surface area (Å²) in [7, 11) is 2.96. The fourth-order valence-electron chi connectivity index (χ4n) is 2.04. The lowest BCUT2D eigenvalue weighted by atomic mass is 10.0. The van der Waals surface area contributed by atoms with Gasteiger partial charge in [0.1, 0.15) is 0 Å². The van der Waals surface area contributed by atoms with Crippen molar-refractivity contribution in [3.8, 4) is 6.07 Å². The molecule has 0 atom stereocenters. The zero-order chi connectivity index (χ0) is 15.7. The summed E-state index contributed by atoms with van der Waals surface area (Å²) in [6.45, 7) is 2.35. The van der Waals surface area contributed by atoms with Crippen LogP contribution >= 0.6 is 0 Å². The Morgan fingerprint density at radius 2 is 2.14 bits per heavy atom. The molecule has 0 bridgehead atoms. The molecule has 0 amide bonds. The maximum Gasteiger partial charge on any atom is 0.340 e. The predicted molar refractivity (Wildman–Crippen MR) is 79.6 cm³/mol. The Kier molecular flexibility index (Phi) is 7.23. The number of ether oxygens (including phenoxy) is 2. The van der Waals surface area contributed by atoms with Crippen molar-refractivity contribution in [3.05, 3.63) is 29.3 Å². The monoisotopic (exact) mass is 291 g/mol. The second-order valence-corrected chi connectivity index (χ2v) is 4.55. The summed E-state index contributed by atoms with van der Waals surface area (Å²) in [6, 6.07) is 7.44. The van der Waals surface area contributed by atoms with Gasteiger partial charge in [0.25, 0.3) is 0 Å². The molecule has 0 heterocycles. The first-order valence-electron chi connectivity index (χ1n) is 6.68. The number of carbonyl (C=O) groups is 1. The van der Waals surface area contributed by atoms with Crippen molar-refractivity contribution in [1.29, 1.82) is 5.26 Å². The average molecular weight is 291 g/mol. The minimum Gasteiger partial charge on any atom is -0.465 e. The highest BCUT2D eigenvalue weighted by Crippen LogP contribution is 2.20. The number of nitriles is 1. The number of rotatable bonds is 8. The first-order valence-corrected chi connectivity index (χ1v) is 6.68. The summed E-state index contributed by atoms with van der Waals surface area (Å²) in [4.78, 5) is 13.9. The molecule has 2 N–H and O–H groups in total. The molecule has 0 aromatic heterocycles. The van der Waals surface area contributed by atoms with Crippen LogP contribution in [0.3, 0.4) is 0 Å². The highest BCUT2D eigenvalue weighted by molar-refractivity contribution is 5.96. The predicted octanol–water partition coefficient (Wildman–Crippen LogP) is 1.42. The van der Waals surface area contributed by atoms with Crippen LogP contribution in [0.1, 0.15) is 22.3 Å². The molecule has 0 saturated heterocycles.